The number of nitrogens with zero attached hydrogens (tertiary/aromatic N) is 2. The Hall–Kier alpha value is -1.82. The number of fused-ring (bicyclic) bond motifs is 3. The summed E-state index contributed by atoms with van der Waals surface area (Å²) in [6.45, 7) is 2.58. The van der Waals surface area contributed by atoms with Gasteiger partial charge in [0.25, 0.3) is 0 Å². The van der Waals surface area contributed by atoms with Crippen molar-refractivity contribution in [3.63, 3.8) is 0 Å². The van der Waals surface area contributed by atoms with Gasteiger partial charge in [0.1, 0.15) is 11.6 Å². The molecule has 22 heavy (non-hydrogen) atoms. The van der Waals surface area contributed by atoms with E-state index in [0.717, 1.165) is 50.1 Å². The maximum atomic E-state index is 14.0. The van der Waals surface area contributed by atoms with Gasteiger partial charge in [0.2, 0.25) is 0 Å². The van der Waals surface area contributed by atoms with Crippen molar-refractivity contribution in [2.24, 2.45) is 0 Å². The van der Waals surface area contributed by atoms with Crippen LogP contribution in [0.4, 0.5) is 13.2 Å². The maximum Gasteiger partial charge on any atom is 0.161 e. The van der Waals surface area contributed by atoms with Gasteiger partial charge in [0, 0.05) is 24.8 Å². The Bertz CT molecular complexity index is 739. The van der Waals surface area contributed by atoms with E-state index in [9.17, 15) is 13.2 Å². The number of nitrogens with one attached hydrogen (secondary N) is 1. The molecule has 2 aliphatic rings. The molecule has 2 heterocycles. The Morgan fingerprint density at radius 2 is 1.95 bits per heavy atom. The molecule has 1 atom stereocenters. The van der Waals surface area contributed by atoms with Crippen LogP contribution in [0.15, 0.2) is 12.1 Å². The second-order valence-electron chi connectivity index (χ2n) is 5.98. The van der Waals surface area contributed by atoms with E-state index in [-0.39, 0.29) is 11.5 Å². The Labute approximate surface area is 126 Å². The molecule has 1 aliphatic carbocycles. The van der Waals surface area contributed by atoms with Crippen LogP contribution < -0.4 is 5.32 Å². The predicted octanol–water partition coefficient (Wildman–Crippen LogP) is 2.68. The molecule has 1 aliphatic heterocycles. The van der Waals surface area contributed by atoms with Crippen LogP contribution >= 0.6 is 0 Å². The average Bonchev–Trinajstić information content (AvgIpc) is 2.88. The van der Waals surface area contributed by atoms with E-state index in [2.05, 4.69) is 14.9 Å². The van der Waals surface area contributed by atoms with Crippen LogP contribution in [0, 0.1) is 17.5 Å². The summed E-state index contributed by atoms with van der Waals surface area (Å²) >= 11 is 0. The molecular weight excluding hydrogens is 291 g/mol. The highest BCUT2D eigenvalue weighted by atomic mass is 19.2. The normalized spacial score (nSPS) is 20.6. The van der Waals surface area contributed by atoms with E-state index >= 15 is 0 Å². The molecule has 0 amide bonds. The summed E-state index contributed by atoms with van der Waals surface area (Å²) in [5, 5.41) is 3.28. The third-order valence-electron chi connectivity index (χ3n) is 4.68. The van der Waals surface area contributed by atoms with Gasteiger partial charge >= 0.3 is 0 Å². The second kappa shape index (κ2) is 5.12. The van der Waals surface area contributed by atoms with Gasteiger partial charge in [0.05, 0.1) is 12.2 Å². The number of rotatable bonds is 1. The van der Waals surface area contributed by atoms with Crippen molar-refractivity contribution in [3.05, 3.63) is 52.4 Å². The molecule has 3 nitrogen and oxygen atoms in total. The highest BCUT2D eigenvalue weighted by Crippen LogP contribution is 2.35. The standard InChI is InChI=1S/C16H16F3N3/c17-11-7-13(19)12(18)6-10(11)9-1-2-15-14(5-9)21-16-8-20-3-4-22(15)16/h6-7,9,20H,1-5,8H2. The van der Waals surface area contributed by atoms with Crippen LogP contribution in [0.5, 0.6) is 0 Å². The first-order chi connectivity index (χ1) is 10.6. The lowest BCUT2D eigenvalue weighted by atomic mass is 9.84. The monoisotopic (exact) mass is 307 g/mol. The molecule has 116 valence electrons. The van der Waals surface area contributed by atoms with E-state index in [1.54, 1.807) is 0 Å². The first-order valence-corrected chi connectivity index (χ1v) is 7.56. The predicted molar refractivity (Wildman–Crippen MR) is 75.0 cm³/mol. The Morgan fingerprint density at radius 3 is 2.82 bits per heavy atom. The topological polar surface area (TPSA) is 29.9 Å². The van der Waals surface area contributed by atoms with Crippen LogP contribution in [0.1, 0.15) is 35.1 Å². The summed E-state index contributed by atoms with van der Waals surface area (Å²) in [5.74, 6) is -1.93. The van der Waals surface area contributed by atoms with Crippen molar-refractivity contribution < 1.29 is 13.2 Å². The lowest BCUT2D eigenvalue weighted by Gasteiger charge is -2.24. The van der Waals surface area contributed by atoms with Crippen molar-refractivity contribution >= 4 is 0 Å². The lowest BCUT2D eigenvalue weighted by molar-refractivity contribution is 0.464. The molecular formula is C16H16F3N3. The van der Waals surface area contributed by atoms with Gasteiger partial charge < -0.3 is 9.88 Å². The lowest BCUT2D eigenvalue weighted by Crippen LogP contribution is -2.29. The smallest absolute Gasteiger partial charge is 0.161 e. The average molecular weight is 307 g/mol. The fourth-order valence-electron chi connectivity index (χ4n) is 3.59. The number of halogens is 3. The molecule has 0 radical (unpaired) electrons. The van der Waals surface area contributed by atoms with Crippen molar-refractivity contribution in [1.82, 2.24) is 14.9 Å². The largest absolute Gasteiger partial charge is 0.329 e. The summed E-state index contributed by atoms with van der Waals surface area (Å²) in [7, 11) is 0. The second-order valence-corrected chi connectivity index (χ2v) is 5.98. The molecule has 1 aromatic carbocycles. The van der Waals surface area contributed by atoms with Gasteiger partial charge in [-0.3, -0.25) is 0 Å². The number of aromatic nitrogens is 2. The van der Waals surface area contributed by atoms with Crippen LogP contribution in [-0.4, -0.2) is 16.1 Å². The highest BCUT2D eigenvalue weighted by molar-refractivity contribution is 5.30. The zero-order valence-electron chi connectivity index (χ0n) is 12.0. The Balaban J connectivity index is 1.68. The number of hydrogen-bond donors (Lipinski definition) is 1. The molecule has 0 bridgehead atoms. The van der Waals surface area contributed by atoms with Crippen molar-refractivity contribution in [1.29, 1.82) is 0 Å². The minimum Gasteiger partial charge on any atom is -0.329 e. The first-order valence-electron chi connectivity index (χ1n) is 7.56. The first kappa shape index (κ1) is 13.8. The SMILES string of the molecule is Fc1cc(F)c(C2CCc3c(nc4n3CCNC4)C2)cc1F. The number of imidazole rings is 1. The van der Waals surface area contributed by atoms with Crippen molar-refractivity contribution in [2.75, 3.05) is 6.54 Å². The zero-order valence-corrected chi connectivity index (χ0v) is 12.0. The van der Waals surface area contributed by atoms with Gasteiger partial charge in [0.15, 0.2) is 11.6 Å². The van der Waals surface area contributed by atoms with Gasteiger partial charge in [-0.05, 0) is 36.8 Å². The Morgan fingerprint density at radius 1 is 1.14 bits per heavy atom. The molecule has 0 fully saturated rings. The van der Waals surface area contributed by atoms with Crippen molar-refractivity contribution in [2.45, 2.75) is 38.3 Å². The fourth-order valence-corrected chi connectivity index (χ4v) is 3.59. The van der Waals surface area contributed by atoms with Crippen LogP contribution in [0.2, 0.25) is 0 Å². The molecule has 1 unspecified atom stereocenters. The minimum atomic E-state index is -1.14. The molecule has 2 aromatic rings. The Kier molecular flexibility index (Phi) is 3.22. The quantitative estimate of drug-likeness (QED) is 0.821. The summed E-state index contributed by atoms with van der Waals surface area (Å²) < 4.78 is 42.7. The zero-order chi connectivity index (χ0) is 15.3. The molecule has 1 N–H and O–H groups in total. The molecule has 6 heteroatoms. The summed E-state index contributed by atoms with van der Waals surface area (Å²) in [6, 6.07) is 1.64. The number of benzene rings is 1. The van der Waals surface area contributed by atoms with E-state index in [4.69, 9.17) is 0 Å². The molecule has 4 rings (SSSR count). The van der Waals surface area contributed by atoms with E-state index in [1.807, 2.05) is 0 Å². The molecule has 0 spiro atoms. The minimum absolute atomic E-state index is 0.146. The highest BCUT2D eigenvalue weighted by Gasteiger charge is 2.29. The van der Waals surface area contributed by atoms with Crippen molar-refractivity contribution in [3.8, 4) is 0 Å². The third kappa shape index (κ3) is 2.13. The summed E-state index contributed by atoms with van der Waals surface area (Å²) in [6.07, 6.45) is 2.11. The molecule has 0 saturated carbocycles. The van der Waals surface area contributed by atoms with Crippen LogP contribution in [-0.2, 0) is 25.9 Å². The van der Waals surface area contributed by atoms with E-state index < -0.39 is 17.5 Å². The molecule has 0 saturated heterocycles. The fraction of sp³-hybridized carbons (Fsp3) is 0.438. The van der Waals surface area contributed by atoms with Crippen LogP contribution in [0.3, 0.4) is 0 Å². The van der Waals surface area contributed by atoms with Gasteiger partial charge in [-0.2, -0.15) is 0 Å². The van der Waals surface area contributed by atoms with E-state index in [0.29, 0.717) is 12.5 Å². The van der Waals surface area contributed by atoms with Crippen LogP contribution in [0.25, 0.3) is 0 Å². The van der Waals surface area contributed by atoms with Gasteiger partial charge in [-0.15, -0.1) is 0 Å². The van der Waals surface area contributed by atoms with Gasteiger partial charge in [-0.25, -0.2) is 18.2 Å². The summed E-state index contributed by atoms with van der Waals surface area (Å²) in [4.78, 5) is 4.65. The summed E-state index contributed by atoms with van der Waals surface area (Å²) in [5.41, 5.74) is 2.45. The molecule has 1 aromatic heterocycles. The maximum absolute atomic E-state index is 14.0. The number of hydrogen-bond acceptors (Lipinski definition) is 2. The third-order valence-corrected chi connectivity index (χ3v) is 4.68. The van der Waals surface area contributed by atoms with E-state index in [1.165, 1.54) is 5.69 Å². The van der Waals surface area contributed by atoms with Gasteiger partial charge in [-0.1, -0.05) is 0 Å².